The lowest BCUT2D eigenvalue weighted by molar-refractivity contribution is 0.0218. The van der Waals surface area contributed by atoms with E-state index in [1.165, 1.54) is 0 Å². The van der Waals surface area contributed by atoms with Gasteiger partial charge in [-0.3, -0.25) is 0 Å². The number of hydrogen-bond acceptors (Lipinski definition) is 4. The van der Waals surface area contributed by atoms with Crippen molar-refractivity contribution in [3.8, 4) is 5.75 Å². The molecule has 2 aromatic heterocycles. The van der Waals surface area contributed by atoms with Gasteiger partial charge in [0.15, 0.2) is 0 Å². The van der Waals surface area contributed by atoms with Gasteiger partial charge < -0.3 is 19.6 Å². The first-order valence-corrected chi connectivity index (χ1v) is 5.33. The van der Waals surface area contributed by atoms with Crippen LogP contribution in [0.25, 0.3) is 5.52 Å². The third-order valence-electron chi connectivity index (χ3n) is 2.76. The molecule has 0 saturated carbocycles. The fourth-order valence-electron chi connectivity index (χ4n) is 1.98. The minimum atomic E-state index is -0.0132. The van der Waals surface area contributed by atoms with Crippen molar-refractivity contribution in [1.82, 2.24) is 14.7 Å². The Hall–Kier alpha value is -1.59. The van der Waals surface area contributed by atoms with Crippen molar-refractivity contribution >= 4 is 5.52 Å². The van der Waals surface area contributed by atoms with E-state index in [0.29, 0.717) is 6.61 Å². The minimum Gasteiger partial charge on any atom is -0.508 e. The first-order valence-electron chi connectivity index (χ1n) is 5.33. The first kappa shape index (κ1) is 9.62. The highest BCUT2D eigenvalue weighted by Crippen LogP contribution is 2.21. The molecular formula is C11H13N3O2. The summed E-state index contributed by atoms with van der Waals surface area (Å²) in [5, 5.41) is 12.6. The molecule has 1 fully saturated rings. The molecule has 16 heavy (non-hydrogen) atoms. The van der Waals surface area contributed by atoms with Crippen LogP contribution in [-0.2, 0) is 4.74 Å². The first-order chi connectivity index (χ1) is 7.84. The van der Waals surface area contributed by atoms with Gasteiger partial charge >= 0.3 is 0 Å². The maximum Gasteiger partial charge on any atom is 0.143 e. The maximum absolute atomic E-state index is 9.37. The van der Waals surface area contributed by atoms with Gasteiger partial charge in [-0.2, -0.15) is 0 Å². The molecule has 84 valence electrons. The number of aromatic hydroxyl groups is 1. The Morgan fingerprint density at radius 1 is 1.56 bits per heavy atom. The predicted molar refractivity (Wildman–Crippen MR) is 58.4 cm³/mol. The van der Waals surface area contributed by atoms with Crippen LogP contribution in [-0.4, -0.2) is 34.2 Å². The lowest BCUT2D eigenvalue weighted by atomic mass is 10.3. The molecule has 0 aromatic carbocycles. The van der Waals surface area contributed by atoms with Gasteiger partial charge in [-0.15, -0.1) is 0 Å². The van der Waals surface area contributed by atoms with E-state index in [-0.39, 0.29) is 11.9 Å². The zero-order valence-electron chi connectivity index (χ0n) is 8.76. The number of rotatable bonds is 1. The second kappa shape index (κ2) is 3.77. The average molecular weight is 219 g/mol. The zero-order valence-corrected chi connectivity index (χ0v) is 8.76. The van der Waals surface area contributed by atoms with E-state index in [0.717, 1.165) is 24.4 Å². The smallest absolute Gasteiger partial charge is 0.143 e. The molecule has 1 aliphatic heterocycles. The Morgan fingerprint density at radius 3 is 3.31 bits per heavy atom. The van der Waals surface area contributed by atoms with E-state index in [4.69, 9.17) is 4.74 Å². The second-order valence-corrected chi connectivity index (χ2v) is 3.86. The standard InChI is InChI=1S/C11H13N3O2/c15-9-1-3-14-8(5-9)6-13-11(14)10-7-12-2-4-16-10/h1,3,5-6,10,12,15H,2,4,7H2. The van der Waals surface area contributed by atoms with Crippen molar-refractivity contribution in [2.75, 3.05) is 19.7 Å². The summed E-state index contributed by atoms with van der Waals surface area (Å²) in [5.41, 5.74) is 0.879. The number of fused-ring (bicyclic) bond motifs is 1. The molecule has 0 bridgehead atoms. The molecule has 2 N–H and O–H groups in total. The van der Waals surface area contributed by atoms with Gasteiger partial charge in [0.05, 0.1) is 18.3 Å². The fourth-order valence-corrected chi connectivity index (χ4v) is 1.98. The molecule has 0 aliphatic carbocycles. The summed E-state index contributed by atoms with van der Waals surface area (Å²) in [7, 11) is 0. The van der Waals surface area contributed by atoms with Crippen LogP contribution in [0.2, 0.25) is 0 Å². The lowest BCUT2D eigenvalue weighted by Gasteiger charge is -2.22. The largest absolute Gasteiger partial charge is 0.508 e. The molecule has 5 nitrogen and oxygen atoms in total. The van der Waals surface area contributed by atoms with Gasteiger partial charge in [0.25, 0.3) is 0 Å². The van der Waals surface area contributed by atoms with Crippen LogP contribution >= 0.6 is 0 Å². The van der Waals surface area contributed by atoms with E-state index in [1.54, 1.807) is 18.3 Å². The monoisotopic (exact) mass is 219 g/mol. The summed E-state index contributed by atoms with van der Waals surface area (Å²) >= 11 is 0. The van der Waals surface area contributed by atoms with Crippen molar-refractivity contribution in [2.24, 2.45) is 0 Å². The summed E-state index contributed by atoms with van der Waals surface area (Å²) in [5.74, 6) is 1.13. The average Bonchev–Trinajstić information content (AvgIpc) is 2.73. The number of imidazole rings is 1. The molecule has 1 atom stereocenters. The topological polar surface area (TPSA) is 58.8 Å². The van der Waals surface area contributed by atoms with Crippen molar-refractivity contribution in [3.05, 3.63) is 30.4 Å². The molecule has 3 heterocycles. The van der Waals surface area contributed by atoms with E-state index in [2.05, 4.69) is 10.3 Å². The molecule has 0 radical (unpaired) electrons. The number of ether oxygens (including phenoxy) is 1. The summed E-state index contributed by atoms with van der Waals surface area (Å²) in [6, 6.07) is 3.33. The van der Waals surface area contributed by atoms with Gasteiger partial charge in [0.1, 0.15) is 17.7 Å². The Kier molecular flexibility index (Phi) is 2.27. The third-order valence-corrected chi connectivity index (χ3v) is 2.76. The van der Waals surface area contributed by atoms with Crippen LogP contribution in [0.3, 0.4) is 0 Å². The molecule has 1 unspecified atom stereocenters. The SMILES string of the molecule is Oc1ccn2c(C3CNCCO3)ncc2c1. The molecular weight excluding hydrogens is 206 g/mol. The van der Waals surface area contributed by atoms with Crippen LogP contribution in [0.4, 0.5) is 0 Å². The molecule has 2 aromatic rings. The Bertz CT molecular complexity index is 503. The van der Waals surface area contributed by atoms with Crippen LogP contribution in [0.5, 0.6) is 5.75 Å². The normalized spacial score (nSPS) is 21.4. The molecule has 1 aliphatic rings. The van der Waals surface area contributed by atoms with Crippen molar-refractivity contribution in [2.45, 2.75) is 6.10 Å². The predicted octanol–water partition coefficient (Wildman–Crippen LogP) is 0.701. The minimum absolute atomic E-state index is 0.0132. The Labute approximate surface area is 92.7 Å². The third kappa shape index (κ3) is 1.54. The summed E-state index contributed by atoms with van der Waals surface area (Å²) in [6.07, 6.45) is 3.54. The molecule has 3 rings (SSSR count). The molecule has 0 spiro atoms. The highest BCUT2D eigenvalue weighted by atomic mass is 16.5. The van der Waals surface area contributed by atoms with E-state index >= 15 is 0 Å². The van der Waals surface area contributed by atoms with E-state index in [9.17, 15) is 5.11 Å². The number of nitrogens with zero attached hydrogens (tertiary/aromatic N) is 2. The van der Waals surface area contributed by atoms with Gasteiger partial charge in [-0.1, -0.05) is 0 Å². The number of pyridine rings is 1. The van der Waals surface area contributed by atoms with Crippen molar-refractivity contribution in [3.63, 3.8) is 0 Å². The van der Waals surface area contributed by atoms with Crippen LogP contribution in [0, 0.1) is 0 Å². The van der Waals surface area contributed by atoms with Crippen LogP contribution in [0.1, 0.15) is 11.9 Å². The Morgan fingerprint density at radius 2 is 2.50 bits per heavy atom. The van der Waals surface area contributed by atoms with Gasteiger partial charge in [0, 0.05) is 25.4 Å². The number of aromatic nitrogens is 2. The quantitative estimate of drug-likeness (QED) is 0.741. The number of hydrogen-bond donors (Lipinski definition) is 2. The molecule has 1 saturated heterocycles. The van der Waals surface area contributed by atoms with E-state index in [1.807, 2.05) is 10.6 Å². The highest BCUT2D eigenvalue weighted by molar-refractivity contribution is 5.50. The Balaban J connectivity index is 2.03. The van der Waals surface area contributed by atoms with Crippen molar-refractivity contribution < 1.29 is 9.84 Å². The highest BCUT2D eigenvalue weighted by Gasteiger charge is 2.20. The number of morpholine rings is 1. The maximum atomic E-state index is 9.37. The van der Waals surface area contributed by atoms with Gasteiger partial charge in [-0.05, 0) is 6.07 Å². The molecule has 5 heteroatoms. The van der Waals surface area contributed by atoms with Crippen molar-refractivity contribution in [1.29, 1.82) is 0 Å². The van der Waals surface area contributed by atoms with Gasteiger partial charge in [-0.25, -0.2) is 4.98 Å². The van der Waals surface area contributed by atoms with Crippen LogP contribution in [0.15, 0.2) is 24.5 Å². The summed E-state index contributed by atoms with van der Waals surface area (Å²) in [4.78, 5) is 4.35. The van der Waals surface area contributed by atoms with E-state index < -0.39 is 0 Å². The zero-order chi connectivity index (χ0) is 11.0. The molecule has 0 amide bonds. The lowest BCUT2D eigenvalue weighted by Crippen LogP contribution is -2.34. The van der Waals surface area contributed by atoms with Gasteiger partial charge in [0.2, 0.25) is 0 Å². The fraction of sp³-hybridized carbons (Fsp3) is 0.364. The summed E-state index contributed by atoms with van der Waals surface area (Å²) in [6.45, 7) is 2.37. The number of nitrogens with one attached hydrogen (secondary N) is 1. The second-order valence-electron chi connectivity index (χ2n) is 3.86. The van der Waals surface area contributed by atoms with Crippen LogP contribution < -0.4 is 5.32 Å². The summed E-state index contributed by atoms with van der Waals surface area (Å²) < 4.78 is 7.59.